The molecule has 1 fully saturated rings. The molecule has 0 N–H and O–H groups in total. The Morgan fingerprint density at radius 3 is 2.61 bits per heavy atom. The van der Waals surface area contributed by atoms with Crippen molar-refractivity contribution >= 4 is 22.4 Å². The highest BCUT2D eigenvalue weighted by Crippen LogP contribution is 2.28. The molecular formula is C23H26N4O3S. The second-order valence-electron chi connectivity index (χ2n) is 7.28. The number of carbonyl (C=O) groups is 1. The SMILES string of the molecule is COc1ccc(CC(=O)N(CCN2CCOCC2)c2nc(-c3ccncc3)cs2)cc1. The molecule has 3 heterocycles. The number of methoxy groups -OCH3 is 1. The van der Waals surface area contributed by atoms with Gasteiger partial charge in [0.2, 0.25) is 5.91 Å². The Bertz CT molecular complexity index is 972. The normalized spacial score (nSPS) is 14.4. The molecule has 0 unspecified atom stereocenters. The second kappa shape index (κ2) is 10.5. The first kappa shape index (κ1) is 21.4. The van der Waals surface area contributed by atoms with Gasteiger partial charge in [0.1, 0.15) is 5.75 Å². The minimum absolute atomic E-state index is 0.0362. The molecule has 0 radical (unpaired) electrons. The first-order valence-corrected chi connectivity index (χ1v) is 11.2. The molecule has 1 aliphatic heterocycles. The van der Waals surface area contributed by atoms with E-state index in [1.807, 2.05) is 46.7 Å². The number of thiazole rings is 1. The molecule has 0 bridgehead atoms. The molecule has 0 saturated carbocycles. The van der Waals surface area contributed by atoms with Crippen LogP contribution in [0, 0.1) is 0 Å². The molecule has 31 heavy (non-hydrogen) atoms. The first-order chi connectivity index (χ1) is 15.2. The molecule has 1 amide bonds. The molecule has 4 rings (SSSR count). The van der Waals surface area contributed by atoms with E-state index in [0.29, 0.717) is 13.0 Å². The molecule has 3 aromatic rings. The van der Waals surface area contributed by atoms with Gasteiger partial charge in [-0.1, -0.05) is 12.1 Å². The summed E-state index contributed by atoms with van der Waals surface area (Å²) in [6, 6.07) is 11.5. The van der Waals surface area contributed by atoms with E-state index in [4.69, 9.17) is 14.5 Å². The van der Waals surface area contributed by atoms with Crippen LogP contribution in [0.25, 0.3) is 11.3 Å². The average Bonchev–Trinajstić information content (AvgIpc) is 3.31. The fraction of sp³-hybridized carbons (Fsp3) is 0.348. The summed E-state index contributed by atoms with van der Waals surface area (Å²) in [5, 5.41) is 2.71. The van der Waals surface area contributed by atoms with E-state index in [-0.39, 0.29) is 5.91 Å². The molecule has 1 aliphatic rings. The van der Waals surface area contributed by atoms with Crippen LogP contribution in [0.5, 0.6) is 5.75 Å². The van der Waals surface area contributed by atoms with E-state index in [0.717, 1.165) is 60.5 Å². The lowest BCUT2D eigenvalue weighted by atomic mass is 10.1. The van der Waals surface area contributed by atoms with Gasteiger partial charge in [-0.2, -0.15) is 0 Å². The van der Waals surface area contributed by atoms with Gasteiger partial charge in [-0.05, 0) is 29.8 Å². The number of morpholine rings is 1. The van der Waals surface area contributed by atoms with E-state index in [2.05, 4.69) is 9.88 Å². The topological polar surface area (TPSA) is 67.8 Å². The predicted octanol–water partition coefficient (Wildman–Crippen LogP) is 3.12. The monoisotopic (exact) mass is 438 g/mol. The van der Waals surface area contributed by atoms with E-state index < -0.39 is 0 Å². The molecule has 162 valence electrons. The van der Waals surface area contributed by atoms with Crippen molar-refractivity contribution in [3.05, 3.63) is 59.7 Å². The Balaban J connectivity index is 1.51. The molecular weight excluding hydrogens is 412 g/mol. The van der Waals surface area contributed by atoms with E-state index in [9.17, 15) is 4.79 Å². The third kappa shape index (κ3) is 5.66. The molecule has 0 aliphatic carbocycles. The molecule has 8 heteroatoms. The van der Waals surface area contributed by atoms with E-state index in [1.54, 1.807) is 19.5 Å². The fourth-order valence-electron chi connectivity index (χ4n) is 3.45. The minimum Gasteiger partial charge on any atom is -0.497 e. The number of nitrogens with zero attached hydrogens (tertiary/aromatic N) is 4. The van der Waals surface area contributed by atoms with Gasteiger partial charge in [0.05, 0.1) is 32.4 Å². The summed E-state index contributed by atoms with van der Waals surface area (Å²) in [7, 11) is 1.64. The van der Waals surface area contributed by atoms with Crippen molar-refractivity contribution < 1.29 is 14.3 Å². The summed E-state index contributed by atoms with van der Waals surface area (Å²) in [4.78, 5) is 26.3. The van der Waals surface area contributed by atoms with Crippen molar-refractivity contribution in [3.63, 3.8) is 0 Å². The van der Waals surface area contributed by atoms with E-state index >= 15 is 0 Å². The largest absolute Gasteiger partial charge is 0.497 e. The highest BCUT2D eigenvalue weighted by atomic mass is 32.1. The second-order valence-corrected chi connectivity index (χ2v) is 8.11. The van der Waals surface area contributed by atoms with Gasteiger partial charge in [0, 0.05) is 49.5 Å². The minimum atomic E-state index is 0.0362. The van der Waals surface area contributed by atoms with Gasteiger partial charge >= 0.3 is 0 Å². The zero-order valence-corrected chi connectivity index (χ0v) is 18.4. The summed E-state index contributed by atoms with van der Waals surface area (Å²) in [5.74, 6) is 0.816. The van der Waals surface area contributed by atoms with Crippen LogP contribution in [0.3, 0.4) is 0 Å². The summed E-state index contributed by atoms with van der Waals surface area (Å²) < 4.78 is 10.7. The number of benzene rings is 1. The number of aromatic nitrogens is 2. The molecule has 1 aromatic carbocycles. The van der Waals surface area contributed by atoms with Crippen molar-refractivity contribution in [1.29, 1.82) is 0 Å². The van der Waals surface area contributed by atoms with Gasteiger partial charge in [-0.3, -0.25) is 19.6 Å². The van der Waals surface area contributed by atoms with Crippen LogP contribution in [0.2, 0.25) is 0 Å². The molecule has 1 saturated heterocycles. The predicted molar refractivity (Wildman–Crippen MR) is 122 cm³/mol. The van der Waals surface area contributed by atoms with Crippen molar-refractivity contribution in [1.82, 2.24) is 14.9 Å². The number of amides is 1. The zero-order valence-electron chi connectivity index (χ0n) is 17.6. The van der Waals surface area contributed by atoms with Crippen molar-refractivity contribution in [2.75, 3.05) is 51.4 Å². The third-order valence-electron chi connectivity index (χ3n) is 5.26. The maximum atomic E-state index is 13.3. The number of hydrogen-bond donors (Lipinski definition) is 0. The lowest BCUT2D eigenvalue weighted by molar-refractivity contribution is -0.118. The first-order valence-electron chi connectivity index (χ1n) is 10.3. The number of pyridine rings is 1. The van der Waals surface area contributed by atoms with Crippen LogP contribution in [0.15, 0.2) is 54.2 Å². The van der Waals surface area contributed by atoms with Gasteiger partial charge < -0.3 is 9.47 Å². The number of rotatable bonds is 8. The third-order valence-corrected chi connectivity index (χ3v) is 6.12. The van der Waals surface area contributed by atoms with Crippen LogP contribution in [0.4, 0.5) is 5.13 Å². The molecule has 0 spiro atoms. The van der Waals surface area contributed by atoms with Crippen molar-refractivity contribution in [2.45, 2.75) is 6.42 Å². The summed E-state index contributed by atoms with van der Waals surface area (Å²) >= 11 is 1.49. The Labute approximate surface area is 186 Å². The lowest BCUT2D eigenvalue weighted by Crippen LogP contribution is -2.43. The number of carbonyl (C=O) groups excluding carboxylic acids is 1. The Morgan fingerprint density at radius 2 is 1.90 bits per heavy atom. The Morgan fingerprint density at radius 1 is 1.16 bits per heavy atom. The summed E-state index contributed by atoms with van der Waals surface area (Å²) in [5.41, 5.74) is 2.80. The van der Waals surface area contributed by atoms with Crippen LogP contribution in [0.1, 0.15) is 5.56 Å². The number of ether oxygens (including phenoxy) is 2. The maximum absolute atomic E-state index is 13.3. The van der Waals surface area contributed by atoms with Crippen LogP contribution >= 0.6 is 11.3 Å². The van der Waals surface area contributed by atoms with Crippen LogP contribution < -0.4 is 9.64 Å². The molecule has 7 nitrogen and oxygen atoms in total. The number of anilines is 1. The van der Waals surface area contributed by atoms with Gasteiger partial charge in [-0.15, -0.1) is 11.3 Å². The quantitative estimate of drug-likeness (QED) is 0.538. The van der Waals surface area contributed by atoms with Gasteiger partial charge in [0.25, 0.3) is 0 Å². The highest BCUT2D eigenvalue weighted by Gasteiger charge is 2.21. The molecule has 2 aromatic heterocycles. The average molecular weight is 439 g/mol. The zero-order chi connectivity index (χ0) is 21.5. The van der Waals surface area contributed by atoms with Crippen molar-refractivity contribution in [2.24, 2.45) is 0 Å². The maximum Gasteiger partial charge on any atom is 0.233 e. The number of hydrogen-bond acceptors (Lipinski definition) is 7. The summed E-state index contributed by atoms with van der Waals surface area (Å²) in [6.07, 6.45) is 3.82. The van der Waals surface area contributed by atoms with Crippen LogP contribution in [-0.2, 0) is 16.0 Å². The van der Waals surface area contributed by atoms with Gasteiger partial charge in [-0.25, -0.2) is 4.98 Å². The van der Waals surface area contributed by atoms with E-state index in [1.165, 1.54) is 11.3 Å². The highest BCUT2D eigenvalue weighted by molar-refractivity contribution is 7.14. The smallest absolute Gasteiger partial charge is 0.233 e. The van der Waals surface area contributed by atoms with Gasteiger partial charge in [0.15, 0.2) is 5.13 Å². The fourth-order valence-corrected chi connectivity index (χ4v) is 4.33. The standard InChI is InChI=1S/C23H26N4O3S/c1-29-20-4-2-18(3-5-20)16-22(28)27(11-10-26-12-14-30-15-13-26)23-25-21(17-31-23)19-6-8-24-9-7-19/h2-9,17H,10-16H2,1H3. The Kier molecular flexibility index (Phi) is 7.24. The lowest BCUT2D eigenvalue weighted by Gasteiger charge is -2.29. The molecule has 0 atom stereocenters. The Hall–Kier alpha value is -2.81. The summed E-state index contributed by atoms with van der Waals surface area (Å²) in [6.45, 7) is 4.65. The van der Waals surface area contributed by atoms with Crippen LogP contribution in [-0.4, -0.2) is 67.3 Å². The van der Waals surface area contributed by atoms with Crippen molar-refractivity contribution in [3.8, 4) is 17.0 Å².